The van der Waals surface area contributed by atoms with Gasteiger partial charge in [0.15, 0.2) is 0 Å². The third-order valence-electron chi connectivity index (χ3n) is 4.92. The maximum absolute atomic E-state index is 5.88. The monoisotopic (exact) mass is 252 g/mol. The van der Waals surface area contributed by atoms with Crippen LogP contribution in [-0.4, -0.2) is 49.3 Å². The summed E-state index contributed by atoms with van der Waals surface area (Å²) in [6.45, 7) is 7.10. The van der Waals surface area contributed by atoms with Gasteiger partial charge in [-0.3, -0.25) is 4.90 Å². The third-order valence-corrected chi connectivity index (χ3v) is 4.92. The summed E-state index contributed by atoms with van der Waals surface area (Å²) < 4.78 is 5.88. The van der Waals surface area contributed by atoms with Gasteiger partial charge in [0.25, 0.3) is 0 Å². The lowest BCUT2D eigenvalue weighted by atomic mass is 9.87. The first kappa shape index (κ1) is 12.9. The van der Waals surface area contributed by atoms with Gasteiger partial charge in [0.05, 0.1) is 12.2 Å². The van der Waals surface area contributed by atoms with E-state index in [0.717, 1.165) is 18.5 Å². The zero-order valence-electron chi connectivity index (χ0n) is 11.7. The number of fused-ring (bicyclic) bond motifs is 2. The normalized spacial score (nSPS) is 41.2. The van der Waals surface area contributed by atoms with Gasteiger partial charge in [0, 0.05) is 32.2 Å². The minimum absolute atomic E-state index is 0.540. The molecule has 1 aliphatic carbocycles. The molecule has 3 heteroatoms. The first-order valence-corrected chi connectivity index (χ1v) is 7.91. The summed E-state index contributed by atoms with van der Waals surface area (Å²) in [5.41, 5.74) is 0. The lowest BCUT2D eigenvalue weighted by Gasteiger charge is -2.33. The highest BCUT2D eigenvalue weighted by Gasteiger charge is 2.33. The van der Waals surface area contributed by atoms with Crippen LogP contribution >= 0.6 is 0 Å². The van der Waals surface area contributed by atoms with Crippen LogP contribution in [0.5, 0.6) is 0 Å². The molecule has 0 aromatic carbocycles. The molecule has 2 aliphatic heterocycles. The molecular formula is C15H28N2O. The number of nitrogens with zero attached hydrogens (tertiary/aromatic N) is 1. The summed E-state index contributed by atoms with van der Waals surface area (Å²) in [6.07, 6.45) is 9.28. The van der Waals surface area contributed by atoms with E-state index in [1.807, 2.05) is 0 Å². The van der Waals surface area contributed by atoms with Gasteiger partial charge in [-0.15, -0.1) is 0 Å². The second kappa shape index (κ2) is 5.89. The zero-order chi connectivity index (χ0) is 12.4. The Labute approximate surface area is 111 Å². The van der Waals surface area contributed by atoms with Crippen LogP contribution in [0.3, 0.4) is 0 Å². The molecule has 104 valence electrons. The fourth-order valence-corrected chi connectivity index (χ4v) is 3.93. The molecule has 0 spiro atoms. The topological polar surface area (TPSA) is 24.5 Å². The molecule has 3 fully saturated rings. The van der Waals surface area contributed by atoms with E-state index in [0.29, 0.717) is 12.2 Å². The number of likely N-dealkylation sites (tertiary alicyclic amines) is 1. The minimum Gasteiger partial charge on any atom is -0.372 e. The van der Waals surface area contributed by atoms with Crippen molar-refractivity contribution in [2.24, 2.45) is 5.92 Å². The van der Waals surface area contributed by atoms with Crippen LogP contribution in [0.25, 0.3) is 0 Å². The van der Waals surface area contributed by atoms with Crippen molar-refractivity contribution in [3.8, 4) is 0 Å². The van der Waals surface area contributed by atoms with Gasteiger partial charge in [0.1, 0.15) is 0 Å². The summed E-state index contributed by atoms with van der Waals surface area (Å²) in [6, 6.07) is 0.784. The van der Waals surface area contributed by atoms with Gasteiger partial charge in [-0.2, -0.15) is 0 Å². The van der Waals surface area contributed by atoms with Crippen LogP contribution in [0.4, 0.5) is 0 Å². The van der Waals surface area contributed by atoms with Crippen LogP contribution < -0.4 is 5.32 Å². The largest absolute Gasteiger partial charge is 0.372 e. The summed E-state index contributed by atoms with van der Waals surface area (Å²) in [4.78, 5) is 2.60. The first-order chi connectivity index (χ1) is 8.79. The van der Waals surface area contributed by atoms with Crippen LogP contribution in [0.15, 0.2) is 0 Å². The Kier molecular flexibility index (Phi) is 4.22. The number of hydrogen-bond donors (Lipinski definition) is 1. The molecule has 1 N–H and O–H groups in total. The summed E-state index contributed by atoms with van der Waals surface area (Å²) in [5, 5.41) is 3.77. The summed E-state index contributed by atoms with van der Waals surface area (Å²) in [5.74, 6) is 0.926. The Morgan fingerprint density at radius 3 is 2.61 bits per heavy atom. The number of morpholine rings is 1. The lowest BCUT2D eigenvalue weighted by Crippen LogP contribution is -2.46. The Hall–Kier alpha value is -0.120. The molecule has 0 amide bonds. The number of hydrogen-bond acceptors (Lipinski definition) is 3. The molecule has 3 aliphatic rings. The lowest BCUT2D eigenvalue weighted by molar-refractivity contribution is -0.0378. The molecule has 0 radical (unpaired) electrons. The molecule has 18 heavy (non-hydrogen) atoms. The molecule has 2 bridgehead atoms. The highest BCUT2D eigenvalue weighted by Crippen LogP contribution is 2.26. The molecule has 3 rings (SSSR count). The average molecular weight is 252 g/mol. The highest BCUT2D eigenvalue weighted by molar-refractivity contribution is 4.85. The maximum Gasteiger partial charge on any atom is 0.0707 e. The SMILES string of the molecule is CC1CCCC(NCCN2CC3CCC(C2)O3)C1. The Morgan fingerprint density at radius 1 is 1.11 bits per heavy atom. The average Bonchev–Trinajstić information content (AvgIpc) is 2.69. The molecule has 0 aromatic rings. The predicted octanol–water partition coefficient (Wildman–Crippen LogP) is 2.02. The highest BCUT2D eigenvalue weighted by atomic mass is 16.5. The van der Waals surface area contributed by atoms with E-state index in [4.69, 9.17) is 4.74 Å². The molecular weight excluding hydrogens is 224 g/mol. The quantitative estimate of drug-likeness (QED) is 0.828. The molecule has 2 heterocycles. The van der Waals surface area contributed by atoms with Crippen molar-refractivity contribution in [3.63, 3.8) is 0 Å². The summed E-state index contributed by atoms with van der Waals surface area (Å²) in [7, 11) is 0. The van der Waals surface area contributed by atoms with Crippen LogP contribution in [0, 0.1) is 5.92 Å². The Bertz CT molecular complexity index is 259. The van der Waals surface area contributed by atoms with E-state index in [1.165, 1.54) is 58.2 Å². The van der Waals surface area contributed by atoms with Crippen molar-refractivity contribution in [2.45, 2.75) is 63.7 Å². The number of nitrogens with one attached hydrogen (secondary N) is 1. The third kappa shape index (κ3) is 3.25. The molecule has 2 saturated heterocycles. The van der Waals surface area contributed by atoms with Gasteiger partial charge in [0.2, 0.25) is 0 Å². The minimum atomic E-state index is 0.540. The molecule has 0 aromatic heterocycles. The van der Waals surface area contributed by atoms with E-state index in [-0.39, 0.29) is 0 Å². The van der Waals surface area contributed by atoms with Gasteiger partial charge in [-0.05, 0) is 31.6 Å². The van der Waals surface area contributed by atoms with Crippen molar-refractivity contribution >= 4 is 0 Å². The fourth-order valence-electron chi connectivity index (χ4n) is 3.93. The van der Waals surface area contributed by atoms with Crippen molar-refractivity contribution in [1.29, 1.82) is 0 Å². The predicted molar refractivity (Wildman–Crippen MR) is 73.8 cm³/mol. The number of ether oxygens (including phenoxy) is 1. The zero-order valence-corrected chi connectivity index (χ0v) is 11.7. The molecule has 3 nitrogen and oxygen atoms in total. The van der Waals surface area contributed by atoms with Crippen LogP contribution in [0.1, 0.15) is 45.4 Å². The van der Waals surface area contributed by atoms with Gasteiger partial charge >= 0.3 is 0 Å². The second-order valence-corrected chi connectivity index (χ2v) is 6.64. The Balaban J connectivity index is 1.34. The van der Waals surface area contributed by atoms with Crippen molar-refractivity contribution in [2.75, 3.05) is 26.2 Å². The van der Waals surface area contributed by atoms with Gasteiger partial charge in [-0.1, -0.05) is 19.8 Å². The molecule has 4 unspecified atom stereocenters. The molecule has 4 atom stereocenters. The Morgan fingerprint density at radius 2 is 1.89 bits per heavy atom. The van der Waals surface area contributed by atoms with Gasteiger partial charge < -0.3 is 10.1 Å². The van der Waals surface area contributed by atoms with E-state index in [1.54, 1.807) is 0 Å². The van der Waals surface area contributed by atoms with E-state index in [2.05, 4.69) is 17.1 Å². The van der Waals surface area contributed by atoms with E-state index >= 15 is 0 Å². The van der Waals surface area contributed by atoms with Crippen LogP contribution in [0.2, 0.25) is 0 Å². The second-order valence-electron chi connectivity index (χ2n) is 6.64. The van der Waals surface area contributed by atoms with E-state index in [9.17, 15) is 0 Å². The first-order valence-electron chi connectivity index (χ1n) is 7.91. The van der Waals surface area contributed by atoms with Crippen molar-refractivity contribution in [1.82, 2.24) is 10.2 Å². The van der Waals surface area contributed by atoms with Gasteiger partial charge in [-0.25, -0.2) is 0 Å². The van der Waals surface area contributed by atoms with E-state index < -0.39 is 0 Å². The number of rotatable bonds is 4. The fraction of sp³-hybridized carbons (Fsp3) is 1.00. The smallest absolute Gasteiger partial charge is 0.0707 e. The van der Waals surface area contributed by atoms with Crippen molar-refractivity contribution in [3.05, 3.63) is 0 Å². The van der Waals surface area contributed by atoms with Crippen molar-refractivity contribution < 1.29 is 4.74 Å². The maximum atomic E-state index is 5.88. The summed E-state index contributed by atoms with van der Waals surface area (Å²) >= 11 is 0. The van der Waals surface area contributed by atoms with Crippen LogP contribution in [-0.2, 0) is 4.74 Å². The standard InChI is InChI=1S/C15H28N2O/c1-12-3-2-4-13(9-12)16-7-8-17-10-14-5-6-15(11-17)18-14/h12-16H,2-11H2,1H3. The molecule has 1 saturated carbocycles.